The van der Waals surface area contributed by atoms with Gasteiger partial charge < -0.3 is 5.32 Å². The maximum atomic E-state index is 13.2. The van der Waals surface area contributed by atoms with Crippen LogP contribution in [0, 0.1) is 5.82 Å². The van der Waals surface area contributed by atoms with Crippen molar-refractivity contribution >= 4 is 21.6 Å². The van der Waals surface area contributed by atoms with Gasteiger partial charge in [0, 0.05) is 19.2 Å². The second-order valence-electron chi connectivity index (χ2n) is 7.52. The van der Waals surface area contributed by atoms with E-state index in [1.54, 1.807) is 46.1 Å². The Hall–Kier alpha value is -3.20. The predicted octanol–water partition coefficient (Wildman–Crippen LogP) is 3.64. The Balaban J connectivity index is 1.55. The van der Waals surface area contributed by atoms with Crippen LogP contribution in [0.3, 0.4) is 0 Å². The molecule has 7 nitrogen and oxygen atoms in total. The molecule has 9 heteroatoms. The second kappa shape index (κ2) is 8.14. The van der Waals surface area contributed by atoms with E-state index < -0.39 is 9.84 Å². The molecule has 0 fully saturated rings. The van der Waals surface area contributed by atoms with Crippen LogP contribution in [0.5, 0.6) is 0 Å². The summed E-state index contributed by atoms with van der Waals surface area (Å²) in [7, 11) is -3.34. The minimum absolute atomic E-state index is 0.224. The summed E-state index contributed by atoms with van der Waals surface area (Å²) < 4.78 is 38.7. The van der Waals surface area contributed by atoms with E-state index in [2.05, 4.69) is 10.4 Å². The molecule has 0 radical (unpaired) electrons. The molecule has 4 rings (SSSR count). The van der Waals surface area contributed by atoms with Gasteiger partial charge in [-0.2, -0.15) is 5.10 Å². The predicted molar refractivity (Wildman–Crippen MR) is 116 cm³/mol. The standard InChI is InChI=1S/C22H23FN4O3S/c1-3-19(15-5-4-6-18(13-15)31(2,29)30)25-22(28)26-12-11-20-21(26)14-24-27(20)17-9-7-16(23)8-10-17/h4-10,13-14,19H,3,11-12H2,1-2H3,(H,25,28). The number of fused-ring (bicyclic) bond motifs is 1. The fraction of sp³-hybridized carbons (Fsp3) is 0.273. The molecule has 1 aliphatic rings. The Kier molecular flexibility index (Phi) is 5.53. The third-order valence-corrected chi connectivity index (χ3v) is 6.53. The Labute approximate surface area is 180 Å². The number of aromatic nitrogens is 2. The maximum absolute atomic E-state index is 13.2. The summed E-state index contributed by atoms with van der Waals surface area (Å²) in [6.07, 6.45) is 4.03. The third-order valence-electron chi connectivity index (χ3n) is 5.42. The smallest absolute Gasteiger partial charge is 0.322 e. The Morgan fingerprint density at radius 2 is 1.97 bits per heavy atom. The van der Waals surface area contributed by atoms with Gasteiger partial charge >= 0.3 is 6.03 Å². The highest BCUT2D eigenvalue weighted by molar-refractivity contribution is 7.90. The van der Waals surface area contributed by atoms with Crippen LogP contribution in [0.25, 0.3) is 5.69 Å². The van der Waals surface area contributed by atoms with E-state index in [0.29, 0.717) is 25.1 Å². The SMILES string of the molecule is CCC(NC(=O)N1CCc2c1cnn2-c1ccc(F)cc1)c1cccc(S(C)(=O)=O)c1. The first-order valence-electron chi connectivity index (χ1n) is 9.99. The molecule has 0 aliphatic carbocycles. The molecule has 1 unspecified atom stereocenters. The zero-order valence-corrected chi connectivity index (χ0v) is 18.1. The van der Waals surface area contributed by atoms with Gasteiger partial charge in [0.25, 0.3) is 0 Å². The second-order valence-corrected chi connectivity index (χ2v) is 9.54. The molecule has 1 aliphatic heterocycles. The number of benzene rings is 2. The van der Waals surface area contributed by atoms with Crippen molar-refractivity contribution in [2.45, 2.75) is 30.7 Å². The molecule has 1 N–H and O–H groups in total. The van der Waals surface area contributed by atoms with E-state index in [0.717, 1.165) is 23.2 Å². The number of carbonyl (C=O) groups is 1. The van der Waals surface area contributed by atoms with Crippen molar-refractivity contribution in [3.63, 3.8) is 0 Å². The van der Waals surface area contributed by atoms with Gasteiger partial charge in [0.05, 0.1) is 34.2 Å². The first kappa shape index (κ1) is 21.0. The summed E-state index contributed by atoms with van der Waals surface area (Å²) in [6, 6.07) is 12.1. The van der Waals surface area contributed by atoms with Crippen LogP contribution in [0.1, 0.15) is 30.6 Å². The van der Waals surface area contributed by atoms with Crippen molar-refractivity contribution in [3.05, 3.63) is 71.8 Å². The molecule has 1 atom stereocenters. The van der Waals surface area contributed by atoms with Crippen LogP contribution in [0.15, 0.2) is 59.6 Å². The number of urea groups is 1. The highest BCUT2D eigenvalue weighted by atomic mass is 32.2. The van der Waals surface area contributed by atoms with E-state index >= 15 is 0 Å². The first-order valence-corrected chi connectivity index (χ1v) is 11.9. The van der Waals surface area contributed by atoms with Gasteiger partial charge in [0.15, 0.2) is 9.84 Å². The Morgan fingerprint density at radius 3 is 2.65 bits per heavy atom. The molecule has 0 bridgehead atoms. The van der Waals surface area contributed by atoms with Crippen molar-refractivity contribution < 1.29 is 17.6 Å². The van der Waals surface area contributed by atoms with Gasteiger partial charge in [-0.05, 0) is 48.4 Å². The van der Waals surface area contributed by atoms with Crippen LogP contribution < -0.4 is 10.2 Å². The summed E-state index contributed by atoms with van der Waals surface area (Å²) in [4.78, 5) is 14.9. The Bertz CT molecular complexity index is 1220. The molecular weight excluding hydrogens is 419 g/mol. The molecule has 31 heavy (non-hydrogen) atoms. The number of hydrogen-bond acceptors (Lipinski definition) is 4. The van der Waals surface area contributed by atoms with E-state index in [1.807, 2.05) is 13.0 Å². The molecule has 2 aromatic carbocycles. The Morgan fingerprint density at radius 1 is 1.23 bits per heavy atom. The number of sulfone groups is 1. The van der Waals surface area contributed by atoms with Gasteiger partial charge in [-0.25, -0.2) is 22.3 Å². The lowest BCUT2D eigenvalue weighted by Gasteiger charge is -2.23. The largest absolute Gasteiger partial charge is 0.331 e. The number of rotatable bonds is 5. The summed E-state index contributed by atoms with van der Waals surface area (Å²) in [5.74, 6) is -0.320. The zero-order valence-electron chi connectivity index (χ0n) is 17.2. The molecule has 0 spiro atoms. The fourth-order valence-electron chi connectivity index (χ4n) is 3.79. The van der Waals surface area contributed by atoms with Gasteiger partial charge in [0.1, 0.15) is 5.82 Å². The quantitative estimate of drug-likeness (QED) is 0.654. The van der Waals surface area contributed by atoms with Crippen LogP contribution in [-0.2, 0) is 16.3 Å². The lowest BCUT2D eigenvalue weighted by Crippen LogP contribution is -2.40. The molecule has 2 amide bonds. The van der Waals surface area contributed by atoms with E-state index in [-0.39, 0.29) is 22.8 Å². The van der Waals surface area contributed by atoms with Crippen LogP contribution >= 0.6 is 0 Å². The molecule has 0 saturated heterocycles. The number of anilines is 1. The number of carbonyl (C=O) groups excluding carboxylic acids is 1. The normalized spacial score (nSPS) is 14.4. The lowest BCUT2D eigenvalue weighted by molar-refractivity contribution is 0.242. The highest BCUT2D eigenvalue weighted by Crippen LogP contribution is 2.30. The number of halogens is 1. The molecule has 162 valence electrons. The van der Waals surface area contributed by atoms with Gasteiger partial charge in [-0.1, -0.05) is 19.1 Å². The molecule has 2 heterocycles. The minimum Gasteiger partial charge on any atom is -0.331 e. The lowest BCUT2D eigenvalue weighted by atomic mass is 10.1. The molecule has 1 aromatic heterocycles. The van der Waals surface area contributed by atoms with Gasteiger partial charge in [-0.3, -0.25) is 4.90 Å². The van der Waals surface area contributed by atoms with Crippen molar-refractivity contribution in [1.82, 2.24) is 15.1 Å². The van der Waals surface area contributed by atoms with Crippen molar-refractivity contribution in [2.24, 2.45) is 0 Å². The summed E-state index contributed by atoms with van der Waals surface area (Å²) in [6.45, 7) is 2.43. The maximum Gasteiger partial charge on any atom is 0.322 e. The fourth-order valence-corrected chi connectivity index (χ4v) is 4.46. The van der Waals surface area contributed by atoms with Crippen LogP contribution in [0.2, 0.25) is 0 Å². The van der Waals surface area contributed by atoms with Crippen LogP contribution in [0.4, 0.5) is 14.9 Å². The van der Waals surface area contributed by atoms with Crippen LogP contribution in [-0.4, -0.2) is 37.0 Å². The molecule has 0 saturated carbocycles. The monoisotopic (exact) mass is 442 g/mol. The van der Waals surface area contributed by atoms with Gasteiger partial charge in [-0.15, -0.1) is 0 Å². The summed E-state index contributed by atoms with van der Waals surface area (Å²) in [5, 5.41) is 7.38. The molecule has 3 aromatic rings. The topological polar surface area (TPSA) is 84.3 Å². The third kappa shape index (κ3) is 4.18. The summed E-state index contributed by atoms with van der Waals surface area (Å²) in [5.41, 5.74) is 3.06. The van der Waals surface area contributed by atoms with Gasteiger partial charge in [0.2, 0.25) is 0 Å². The van der Waals surface area contributed by atoms with Crippen molar-refractivity contribution in [3.8, 4) is 5.69 Å². The number of amides is 2. The minimum atomic E-state index is -3.34. The van der Waals surface area contributed by atoms with E-state index in [1.165, 1.54) is 12.1 Å². The number of nitrogens with one attached hydrogen (secondary N) is 1. The van der Waals surface area contributed by atoms with Crippen molar-refractivity contribution in [1.29, 1.82) is 0 Å². The number of nitrogens with zero attached hydrogens (tertiary/aromatic N) is 3. The average molecular weight is 443 g/mol. The highest BCUT2D eigenvalue weighted by Gasteiger charge is 2.30. The molecular formula is C22H23FN4O3S. The average Bonchev–Trinajstić information content (AvgIpc) is 3.34. The van der Waals surface area contributed by atoms with E-state index in [4.69, 9.17) is 0 Å². The van der Waals surface area contributed by atoms with Crippen molar-refractivity contribution in [2.75, 3.05) is 17.7 Å². The summed E-state index contributed by atoms with van der Waals surface area (Å²) >= 11 is 0. The number of hydrogen-bond donors (Lipinski definition) is 1. The first-order chi connectivity index (χ1) is 14.8. The van der Waals surface area contributed by atoms with E-state index in [9.17, 15) is 17.6 Å². The zero-order chi connectivity index (χ0) is 22.2.